The van der Waals surface area contributed by atoms with E-state index >= 15 is 0 Å². The van der Waals surface area contributed by atoms with Crippen LogP contribution in [0.2, 0.25) is 0 Å². The summed E-state index contributed by atoms with van der Waals surface area (Å²) in [5.74, 6) is 0.764. The van der Waals surface area contributed by atoms with Crippen LogP contribution < -0.4 is 5.32 Å². The zero-order valence-corrected chi connectivity index (χ0v) is 9.19. The lowest BCUT2D eigenvalue weighted by Crippen LogP contribution is -1.92. The summed E-state index contributed by atoms with van der Waals surface area (Å²) in [7, 11) is 0. The Hall–Kier alpha value is -1.84. The van der Waals surface area contributed by atoms with Gasteiger partial charge in [-0.15, -0.1) is 0 Å². The molecular weight excluding hydrogens is 204 g/mol. The van der Waals surface area contributed by atoms with Crippen molar-refractivity contribution in [1.82, 2.24) is 4.98 Å². The van der Waals surface area contributed by atoms with Crippen LogP contribution in [0.15, 0.2) is 22.6 Å². The van der Waals surface area contributed by atoms with Gasteiger partial charge < -0.3 is 9.73 Å². The molecule has 0 aliphatic heterocycles. The second-order valence-electron chi connectivity index (χ2n) is 3.66. The molecule has 0 atom stereocenters. The highest BCUT2D eigenvalue weighted by Gasteiger charge is 2.05. The van der Waals surface area contributed by atoms with Crippen LogP contribution in [-0.2, 0) is 11.2 Å². The Labute approximate surface area is 93.7 Å². The van der Waals surface area contributed by atoms with E-state index < -0.39 is 0 Å². The molecule has 0 spiro atoms. The van der Waals surface area contributed by atoms with E-state index in [4.69, 9.17) is 4.42 Å². The molecule has 0 saturated heterocycles. The third-order valence-electron chi connectivity index (χ3n) is 2.40. The highest BCUT2D eigenvalue weighted by atomic mass is 16.3. The Morgan fingerprint density at radius 1 is 1.50 bits per heavy atom. The zero-order valence-electron chi connectivity index (χ0n) is 9.19. The number of amides is 1. The topological polar surface area (TPSA) is 55.1 Å². The van der Waals surface area contributed by atoms with Gasteiger partial charge in [0.2, 0.25) is 6.41 Å². The van der Waals surface area contributed by atoms with Gasteiger partial charge in [-0.1, -0.05) is 13.3 Å². The quantitative estimate of drug-likeness (QED) is 0.785. The second-order valence-corrected chi connectivity index (χ2v) is 3.66. The summed E-state index contributed by atoms with van der Waals surface area (Å²) in [5.41, 5.74) is 2.29. The van der Waals surface area contributed by atoms with Gasteiger partial charge in [0, 0.05) is 12.1 Å². The minimum atomic E-state index is 0.652. The fourth-order valence-electron chi connectivity index (χ4n) is 1.57. The highest BCUT2D eigenvalue weighted by Crippen LogP contribution is 2.20. The van der Waals surface area contributed by atoms with Crippen LogP contribution in [0.4, 0.5) is 5.69 Å². The maximum Gasteiger partial charge on any atom is 0.211 e. The number of benzene rings is 1. The molecule has 4 nitrogen and oxygen atoms in total. The molecule has 1 N–H and O–H groups in total. The molecule has 0 radical (unpaired) electrons. The van der Waals surface area contributed by atoms with E-state index in [1.807, 2.05) is 12.1 Å². The Morgan fingerprint density at radius 3 is 3.12 bits per heavy atom. The first-order valence-corrected chi connectivity index (χ1v) is 5.43. The maximum atomic E-state index is 10.3. The monoisotopic (exact) mass is 218 g/mol. The van der Waals surface area contributed by atoms with Crippen molar-refractivity contribution < 1.29 is 9.21 Å². The standard InChI is InChI=1S/C12H14N2O2/c1-2-3-4-12-14-10-7-9(13-8-15)5-6-11(10)16-12/h5-8H,2-4H2,1H3,(H,13,15). The summed E-state index contributed by atoms with van der Waals surface area (Å²) in [6, 6.07) is 5.43. The summed E-state index contributed by atoms with van der Waals surface area (Å²) in [6.07, 6.45) is 3.71. The van der Waals surface area contributed by atoms with Gasteiger partial charge in [0.05, 0.1) is 0 Å². The molecule has 0 bridgehead atoms. The number of fused-ring (bicyclic) bond motifs is 1. The van der Waals surface area contributed by atoms with E-state index in [9.17, 15) is 4.79 Å². The van der Waals surface area contributed by atoms with Gasteiger partial charge in [-0.05, 0) is 24.6 Å². The number of nitrogens with one attached hydrogen (secondary N) is 1. The Kier molecular flexibility index (Phi) is 3.19. The van der Waals surface area contributed by atoms with E-state index in [1.165, 1.54) is 0 Å². The van der Waals surface area contributed by atoms with Crippen LogP contribution in [0, 0.1) is 0 Å². The largest absolute Gasteiger partial charge is 0.441 e. The van der Waals surface area contributed by atoms with Gasteiger partial charge in [-0.2, -0.15) is 0 Å². The van der Waals surface area contributed by atoms with Gasteiger partial charge in [0.1, 0.15) is 5.52 Å². The molecule has 84 valence electrons. The molecule has 1 aromatic heterocycles. The fourth-order valence-corrected chi connectivity index (χ4v) is 1.57. The molecule has 2 rings (SSSR count). The smallest absolute Gasteiger partial charge is 0.211 e. The maximum absolute atomic E-state index is 10.3. The first kappa shape index (κ1) is 10.7. The summed E-state index contributed by atoms with van der Waals surface area (Å²) >= 11 is 0. The van der Waals surface area contributed by atoms with Crippen molar-refractivity contribution in [2.45, 2.75) is 26.2 Å². The highest BCUT2D eigenvalue weighted by molar-refractivity contribution is 5.81. The number of anilines is 1. The molecule has 0 aliphatic carbocycles. The van der Waals surface area contributed by atoms with Crippen LogP contribution in [-0.4, -0.2) is 11.4 Å². The minimum absolute atomic E-state index is 0.652. The molecule has 1 aromatic carbocycles. The number of aryl methyl sites for hydroxylation is 1. The molecule has 0 aliphatic rings. The van der Waals surface area contributed by atoms with Crippen LogP contribution in [0.3, 0.4) is 0 Å². The Morgan fingerprint density at radius 2 is 2.38 bits per heavy atom. The van der Waals surface area contributed by atoms with Gasteiger partial charge >= 0.3 is 0 Å². The molecular formula is C12H14N2O2. The molecule has 1 amide bonds. The van der Waals surface area contributed by atoms with E-state index in [0.29, 0.717) is 6.41 Å². The van der Waals surface area contributed by atoms with Crippen LogP contribution >= 0.6 is 0 Å². The van der Waals surface area contributed by atoms with Crippen molar-refractivity contribution >= 4 is 23.2 Å². The molecule has 0 fully saturated rings. The van der Waals surface area contributed by atoms with Crippen molar-refractivity contribution in [3.8, 4) is 0 Å². The third kappa shape index (κ3) is 2.21. The zero-order chi connectivity index (χ0) is 11.4. The number of unbranched alkanes of at least 4 members (excludes halogenated alkanes) is 1. The molecule has 4 heteroatoms. The van der Waals surface area contributed by atoms with Gasteiger partial charge in [0.15, 0.2) is 11.5 Å². The second kappa shape index (κ2) is 4.79. The normalized spacial score (nSPS) is 10.6. The number of oxazole rings is 1. The minimum Gasteiger partial charge on any atom is -0.441 e. The number of nitrogens with zero attached hydrogens (tertiary/aromatic N) is 1. The van der Waals surface area contributed by atoms with E-state index in [0.717, 1.165) is 41.9 Å². The van der Waals surface area contributed by atoms with Crippen molar-refractivity contribution in [3.63, 3.8) is 0 Å². The molecule has 0 saturated carbocycles. The third-order valence-corrected chi connectivity index (χ3v) is 2.40. The number of aromatic nitrogens is 1. The van der Waals surface area contributed by atoms with E-state index in [2.05, 4.69) is 17.2 Å². The SMILES string of the molecule is CCCCc1nc2cc(NC=O)ccc2o1. The van der Waals surface area contributed by atoms with Crippen LogP contribution in [0.1, 0.15) is 25.7 Å². The lowest BCUT2D eigenvalue weighted by atomic mass is 10.2. The molecule has 1 heterocycles. The van der Waals surface area contributed by atoms with Crippen LogP contribution in [0.25, 0.3) is 11.1 Å². The van der Waals surface area contributed by atoms with E-state index in [1.54, 1.807) is 6.07 Å². The van der Waals surface area contributed by atoms with Gasteiger partial charge in [0.25, 0.3) is 0 Å². The fraction of sp³-hybridized carbons (Fsp3) is 0.333. The lowest BCUT2D eigenvalue weighted by Gasteiger charge is -1.95. The van der Waals surface area contributed by atoms with Crippen molar-refractivity contribution in [1.29, 1.82) is 0 Å². The summed E-state index contributed by atoms with van der Waals surface area (Å²) < 4.78 is 5.58. The summed E-state index contributed by atoms with van der Waals surface area (Å²) in [5, 5.41) is 2.59. The molecule has 0 unspecified atom stereocenters. The average molecular weight is 218 g/mol. The number of hydrogen-bond acceptors (Lipinski definition) is 3. The number of carbonyl (C=O) groups is 1. The predicted octanol–water partition coefficient (Wildman–Crippen LogP) is 2.74. The summed E-state index contributed by atoms with van der Waals surface area (Å²) in [4.78, 5) is 14.7. The summed E-state index contributed by atoms with van der Waals surface area (Å²) in [6.45, 7) is 2.13. The number of carbonyl (C=O) groups excluding carboxylic acids is 1. The lowest BCUT2D eigenvalue weighted by molar-refractivity contribution is -0.105. The van der Waals surface area contributed by atoms with E-state index in [-0.39, 0.29) is 0 Å². The predicted molar refractivity (Wildman–Crippen MR) is 62.3 cm³/mol. The van der Waals surface area contributed by atoms with Crippen molar-refractivity contribution in [3.05, 3.63) is 24.1 Å². The Balaban J connectivity index is 2.26. The van der Waals surface area contributed by atoms with Crippen LogP contribution in [0.5, 0.6) is 0 Å². The van der Waals surface area contributed by atoms with Gasteiger partial charge in [-0.3, -0.25) is 4.79 Å². The van der Waals surface area contributed by atoms with Crippen molar-refractivity contribution in [2.75, 3.05) is 5.32 Å². The van der Waals surface area contributed by atoms with Crippen molar-refractivity contribution in [2.24, 2.45) is 0 Å². The first-order chi connectivity index (χ1) is 7.83. The first-order valence-electron chi connectivity index (χ1n) is 5.43. The molecule has 16 heavy (non-hydrogen) atoms. The number of hydrogen-bond donors (Lipinski definition) is 1. The average Bonchev–Trinajstić information content (AvgIpc) is 2.68. The Bertz CT molecular complexity index is 491. The number of rotatable bonds is 5. The molecule has 2 aromatic rings. The van der Waals surface area contributed by atoms with Gasteiger partial charge in [-0.25, -0.2) is 4.98 Å².